The molecule has 2 aromatic carbocycles. The summed E-state index contributed by atoms with van der Waals surface area (Å²) in [6.07, 6.45) is 3.49. The van der Waals surface area contributed by atoms with Crippen LogP contribution in [0.15, 0.2) is 42.0 Å². The van der Waals surface area contributed by atoms with Crippen molar-refractivity contribution in [2.24, 2.45) is 11.7 Å². The number of piperidine rings is 1. The zero-order chi connectivity index (χ0) is 27.5. The smallest absolute Gasteiger partial charge is 0.262 e. The lowest BCUT2D eigenvalue weighted by molar-refractivity contribution is 0.0998. The molecule has 4 aromatic rings. The molecule has 1 fully saturated rings. The van der Waals surface area contributed by atoms with Gasteiger partial charge in [0.05, 0.1) is 36.0 Å². The van der Waals surface area contributed by atoms with E-state index < -0.39 is 12.0 Å². The van der Waals surface area contributed by atoms with Crippen molar-refractivity contribution in [3.63, 3.8) is 0 Å². The average Bonchev–Trinajstić information content (AvgIpc) is 3.55. The Labute approximate surface area is 236 Å². The zero-order valence-corrected chi connectivity index (χ0v) is 23.7. The number of benzene rings is 2. The number of nitrogens with zero attached hydrogens (tertiary/aromatic N) is 2. The van der Waals surface area contributed by atoms with Gasteiger partial charge in [-0.15, -0.1) is 11.3 Å². The Morgan fingerprint density at radius 2 is 2.00 bits per heavy atom. The van der Waals surface area contributed by atoms with E-state index in [1.165, 1.54) is 11.3 Å². The summed E-state index contributed by atoms with van der Waals surface area (Å²) >= 11 is 8.08. The van der Waals surface area contributed by atoms with Gasteiger partial charge < -0.3 is 30.6 Å². The fraction of sp³-hybridized carbons (Fsp3) is 0.357. The molecule has 9 nitrogen and oxygen atoms in total. The topological polar surface area (TPSA) is 113 Å². The minimum atomic E-state index is -0.569. The molecule has 0 unspecified atom stereocenters. The third-order valence-corrected chi connectivity index (χ3v) is 8.45. The van der Waals surface area contributed by atoms with Crippen molar-refractivity contribution in [3.8, 4) is 22.9 Å². The van der Waals surface area contributed by atoms with Gasteiger partial charge in [0.25, 0.3) is 5.91 Å². The summed E-state index contributed by atoms with van der Waals surface area (Å²) in [6, 6.07) is 9.51. The van der Waals surface area contributed by atoms with Crippen molar-refractivity contribution >= 4 is 45.6 Å². The van der Waals surface area contributed by atoms with Crippen molar-refractivity contribution < 1.29 is 19.0 Å². The second-order valence-electron chi connectivity index (χ2n) is 9.50. The van der Waals surface area contributed by atoms with Crippen LogP contribution in [0.5, 0.6) is 17.2 Å². The molecule has 0 bridgehead atoms. The molecule has 2 aromatic heterocycles. The van der Waals surface area contributed by atoms with Crippen LogP contribution in [0.1, 0.15) is 41.1 Å². The fourth-order valence-corrected chi connectivity index (χ4v) is 6.07. The first-order valence-corrected chi connectivity index (χ1v) is 14.1. The Kier molecular flexibility index (Phi) is 8.15. The van der Waals surface area contributed by atoms with Gasteiger partial charge in [-0.05, 0) is 44.8 Å². The van der Waals surface area contributed by atoms with Crippen molar-refractivity contribution in [2.75, 3.05) is 39.2 Å². The van der Waals surface area contributed by atoms with Crippen LogP contribution >= 0.6 is 22.9 Å². The maximum absolute atomic E-state index is 12.4. The number of fused-ring (bicyclic) bond motifs is 1. The van der Waals surface area contributed by atoms with Crippen molar-refractivity contribution in [1.29, 1.82) is 0 Å². The standard InChI is InChI=1S/C28H32ClN5O4S/c1-16(18-5-4-6-19(25(18)29)32-13-17-7-9-31-10-8-17)38-26-22(14-39-27(26)28(30)35)34-15-33-20-11-23(36-2)24(37-3)12-21(20)34/h4-6,11-12,14-17,31-32H,7-10,13H2,1-3H3,(H2,30,35)/t16-/m1/s1. The van der Waals surface area contributed by atoms with E-state index in [4.69, 9.17) is 31.5 Å². The van der Waals surface area contributed by atoms with Gasteiger partial charge in [0.2, 0.25) is 0 Å². The lowest BCUT2D eigenvalue weighted by atomic mass is 9.98. The average molecular weight is 570 g/mol. The van der Waals surface area contributed by atoms with E-state index in [9.17, 15) is 4.79 Å². The molecule has 5 rings (SSSR count). The van der Waals surface area contributed by atoms with Crippen molar-refractivity contribution in [3.05, 3.63) is 57.5 Å². The van der Waals surface area contributed by atoms with Crippen LogP contribution in [0.4, 0.5) is 5.69 Å². The summed E-state index contributed by atoms with van der Waals surface area (Å²) in [4.78, 5) is 17.2. The highest BCUT2D eigenvalue weighted by atomic mass is 35.5. The second kappa shape index (κ2) is 11.7. The number of ether oxygens (including phenoxy) is 3. The van der Waals surface area contributed by atoms with Gasteiger partial charge in [-0.1, -0.05) is 23.7 Å². The third-order valence-electron chi connectivity index (χ3n) is 7.06. The van der Waals surface area contributed by atoms with Gasteiger partial charge in [0.15, 0.2) is 17.2 Å². The van der Waals surface area contributed by atoms with E-state index in [1.54, 1.807) is 26.6 Å². The van der Waals surface area contributed by atoms with Gasteiger partial charge in [0, 0.05) is 29.6 Å². The largest absolute Gasteiger partial charge is 0.493 e. The molecule has 0 spiro atoms. The molecular formula is C28H32ClN5O4S. The molecule has 4 N–H and O–H groups in total. The number of halogens is 1. The number of carbonyl (C=O) groups is 1. The predicted molar refractivity (Wildman–Crippen MR) is 155 cm³/mol. The number of carbonyl (C=O) groups excluding carboxylic acids is 1. The van der Waals surface area contributed by atoms with Crippen LogP contribution in [-0.2, 0) is 0 Å². The number of anilines is 1. The number of thiophene rings is 1. The summed E-state index contributed by atoms with van der Waals surface area (Å²) in [6.45, 7) is 4.86. The minimum absolute atomic E-state index is 0.315. The number of hydrogen-bond acceptors (Lipinski definition) is 8. The Balaban J connectivity index is 1.46. The number of nitrogens with one attached hydrogen (secondary N) is 2. The third kappa shape index (κ3) is 5.50. The predicted octanol–water partition coefficient (Wildman–Crippen LogP) is 5.41. The molecule has 1 aliphatic heterocycles. The molecule has 0 radical (unpaired) electrons. The SMILES string of the molecule is COc1cc2ncn(-c3csc(C(N)=O)c3O[C@H](C)c3cccc(NCC4CCNCC4)c3Cl)c2cc1OC. The first-order valence-electron chi connectivity index (χ1n) is 12.8. The second-order valence-corrected chi connectivity index (χ2v) is 10.8. The molecule has 0 aliphatic carbocycles. The number of hydrogen-bond donors (Lipinski definition) is 3. The Bertz CT molecular complexity index is 1480. The lowest BCUT2D eigenvalue weighted by Crippen LogP contribution is -2.31. The van der Waals surface area contributed by atoms with E-state index in [-0.39, 0.29) is 0 Å². The Morgan fingerprint density at radius 3 is 2.72 bits per heavy atom. The maximum atomic E-state index is 12.4. The quantitative estimate of drug-likeness (QED) is 0.234. The van der Waals surface area contributed by atoms with E-state index >= 15 is 0 Å². The number of rotatable bonds is 10. The summed E-state index contributed by atoms with van der Waals surface area (Å²) < 4.78 is 19.2. The molecule has 1 amide bonds. The van der Waals surface area contributed by atoms with Crippen molar-refractivity contribution in [1.82, 2.24) is 14.9 Å². The lowest BCUT2D eigenvalue weighted by Gasteiger charge is -2.24. The van der Waals surface area contributed by atoms with Gasteiger partial charge in [-0.2, -0.15) is 0 Å². The fourth-order valence-electron chi connectivity index (χ4n) is 4.90. The van der Waals surface area contributed by atoms with E-state index in [0.717, 1.165) is 49.2 Å². The normalized spacial score (nSPS) is 14.8. The molecule has 3 heterocycles. The Hall–Kier alpha value is -3.47. The molecule has 206 valence electrons. The summed E-state index contributed by atoms with van der Waals surface area (Å²) in [7, 11) is 3.16. The summed E-state index contributed by atoms with van der Waals surface area (Å²) in [5.74, 6) is 1.55. The van der Waals surface area contributed by atoms with Crippen LogP contribution in [0, 0.1) is 5.92 Å². The highest BCUT2D eigenvalue weighted by Crippen LogP contribution is 2.41. The molecule has 1 aliphatic rings. The van der Waals surface area contributed by atoms with Gasteiger partial charge in [-0.25, -0.2) is 4.98 Å². The number of nitrogens with two attached hydrogens (primary N) is 1. The number of primary amides is 1. The van der Waals surface area contributed by atoms with Crippen LogP contribution in [0.3, 0.4) is 0 Å². The van der Waals surface area contributed by atoms with E-state index in [1.807, 2.05) is 41.1 Å². The van der Waals surface area contributed by atoms with Gasteiger partial charge in [0.1, 0.15) is 23.0 Å². The van der Waals surface area contributed by atoms with Crippen LogP contribution < -0.4 is 30.6 Å². The molecule has 1 atom stereocenters. The molecule has 39 heavy (non-hydrogen) atoms. The molecule has 0 saturated carbocycles. The summed E-state index contributed by atoms with van der Waals surface area (Å²) in [5, 5.41) is 9.35. The van der Waals surface area contributed by atoms with Crippen LogP contribution in [-0.4, -0.2) is 49.3 Å². The van der Waals surface area contributed by atoms with Gasteiger partial charge in [-0.3, -0.25) is 9.36 Å². The van der Waals surface area contributed by atoms with Crippen molar-refractivity contribution in [2.45, 2.75) is 25.9 Å². The number of amides is 1. The van der Waals surface area contributed by atoms with Crippen LogP contribution in [0.25, 0.3) is 16.7 Å². The van der Waals surface area contributed by atoms with E-state index in [2.05, 4.69) is 15.6 Å². The molecule has 1 saturated heterocycles. The first-order chi connectivity index (χ1) is 18.9. The highest BCUT2D eigenvalue weighted by molar-refractivity contribution is 7.12. The minimum Gasteiger partial charge on any atom is -0.493 e. The van der Waals surface area contributed by atoms with Gasteiger partial charge >= 0.3 is 0 Å². The molecule has 11 heteroatoms. The number of imidazole rings is 1. The maximum Gasteiger partial charge on any atom is 0.262 e. The van der Waals surface area contributed by atoms with Crippen LogP contribution in [0.2, 0.25) is 5.02 Å². The number of methoxy groups -OCH3 is 2. The highest BCUT2D eigenvalue weighted by Gasteiger charge is 2.25. The molecular weight excluding hydrogens is 538 g/mol. The zero-order valence-electron chi connectivity index (χ0n) is 22.1. The monoisotopic (exact) mass is 569 g/mol. The first kappa shape index (κ1) is 27.1. The summed E-state index contributed by atoms with van der Waals surface area (Å²) in [5.41, 5.74) is 9.53. The Morgan fingerprint density at radius 1 is 1.26 bits per heavy atom. The van der Waals surface area contributed by atoms with E-state index in [0.29, 0.717) is 44.3 Å². The number of aromatic nitrogens is 2.